The fourth-order valence-corrected chi connectivity index (χ4v) is 2.43. The predicted octanol–water partition coefficient (Wildman–Crippen LogP) is 4.51. The average molecular weight is 375 g/mol. The number of anilines is 1. The Kier molecular flexibility index (Phi) is 4.24. The molecule has 0 fully saturated rings. The zero-order valence-electron chi connectivity index (χ0n) is 9.29. The second-order valence-electron chi connectivity index (χ2n) is 3.68. The summed E-state index contributed by atoms with van der Waals surface area (Å²) >= 11 is 6.67. The third-order valence-electron chi connectivity index (χ3n) is 2.38. The van der Waals surface area contributed by atoms with Crippen molar-refractivity contribution < 1.29 is 9.13 Å². The molecule has 2 rings (SSSR count). The minimum absolute atomic E-state index is 0.286. The summed E-state index contributed by atoms with van der Waals surface area (Å²) in [6.45, 7) is 0.313. The Bertz CT molecular complexity index is 555. The second kappa shape index (κ2) is 5.71. The van der Waals surface area contributed by atoms with Gasteiger partial charge in [-0.25, -0.2) is 4.39 Å². The number of halogens is 3. The number of hydrogen-bond acceptors (Lipinski definition) is 2. The van der Waals surface area contributed by atoms with E-state index in [-0.39, 0.29) is 5.82 Å². The summed E-state index contributed by atoms with van der Waals surface area (Å²) in [5, 5.41) is 0. The molecule has 94 valence electrons. The minimum atomic E-state index is -0.286. The molecule has 0 atom stereocenters. The molecular weight excluding hydrogens is 365 g/mol. The van der Waals surface area contributed by atoms with E-state index < -0.39 is 0 Å². The number of rotatable bonds is 3. The maximum atomic E-state index is 12.9. The Labute approximate surface area is 121 Å². The SMILES string of the molecule is Nc1cccc(Br)c1OCc1ccc(F)cc1Br. The van der Waals surface area contributed by atoms with Crippen LogP contribution >= 0.6 is 31.9 Å². The van der Waals surface area contributed by atoms with E-state index in [0.29, 0.717) is 22.5 Å². The van der Waals surface area contributed by atoms with Gasteiger partial charge >= 0.3 is 0 Å². The molecule has 2 aromatic carbocycles. The van der Waals surface area contributed by atoms with Crippen LogP contribution in [0.5, 0.6) is 5.75 Å². The lowest BCUT2D eigenvalue weighted by atomic mass is 10.2. The van der Waals surface area contributed by atoms with Crippen molar-refractivity contribution in [3.8, 4) is 5.75 Å². The van der Waals surface area contributed by atoms with Gasteiger partial charge in [-0.3, -0.25) is 0 Å². The Morgan fingerprint density at radius 3 is 2.56 bits per heavy atom. The van der Waals surface area contributed by atoms with Crippen LogP contribution in [0.15, 0.2) is 45.3 Å². The van der Waals surface area contributed by atoms with Crippen LogP contribution in [0.4, 0.5) is 10.1 Å². The predicted molar refractivity (Wildman–Crippen MR) is 77.0 cm³/mol. The maximum Gasteiger partial charge on any atom is 0.156 e. The number of ether oxygens (including phenoxy) is 1. The highest BCUT2D eigenvalue weighted by Gasteiger charge is 2.07. The molecule has 2 N–H and O–H groups in total. The van der Waals surface area contributed by atoms with Crippen LogP contribution in [0.2, 0.25) is 0 Å². The maximum absolute atomic E-state index is 12.9. The summed E-state index contributed by atoms with van der Waals surface area (Å²) in [6, 6.07) is 9.92. The smallest absolute Gasteiger partial charge is 0.156 e. The molecule has 0 aliphatic carbocycles. The zero-order valence-corrected chi connectivity index (χ0v) is 12.5. The first-order valence-electron chi connectivity index (χ1n) is 5.18. The van der Waals surface area contributed by atoms with Crippen LogP contribution in [0, 0.1) is 5.82 Å². The largest absolute Gasteiger partial charge is 0.486 e. The van der Waals surface area contributed by atoms with Crippen molar-refractivity contribution in [3.05, 3.63) is 56.7 Å². The molecule has 0 spiro atoms. The zero-order chi connectivity index (χ0) is 13.1. The third kappa shape index (κ3) is 3.03. The highest BCUT2D eigenvalue weighted by molar-refractivity contribution is 9.10. The van der Waals surface area contributed by atoms with E-state index in [2.05, 4.69) is 31.9 Å². The van der Waals surface area contributed by atoms with Crippen molar-refractivity contribution in [1.82, 2.24) is 0 Å². The molecule has 0 radical (unpaired) electrons. The summed E-state index contributed by atoms with van der Waals surface area (Å²) < 4.78 is 20.1. The summed E-state index contributed by atoms with van der Waals surface area (Å²) in [5.74, 6) is 0.305. The highest BCUT2D eigenvalue weighted by Crippen LogP contribution is 2.32. The molecule has 18 heavy (non-hydrogen) atoms. The Morgan fingerprint density at radius 2 is 1.89 bits per heavy atom. The van der Waals surface area contributed by atoms with Crippen LogP contribution in [0.25, 0.3) is 0 Å². The lowest BCUT2D eigenvalue weighted by Crippen LogP contribution is -2.00. The van der Waals surface area contributed by atoms with Gasteiger partial charge in [0.05, 0.1) is 10.2 Å². The molecule has 0 aliphatic rings. The van der Waals surface area contributed by atoms with Gasteiger partial charge in [0.25, 0.3) is 0 Å². The molecule has 0 saturated carbocycles. The van der Waals surface area contributed by atoms with E-state index in [4.69, 9.17) is 10.5 Å². The summed E-state index contributed by atoms with van der Waals surface area (Å²) in [6.07, 6.45) is 0. The van der Waals surface area contributed by atoms with Gasteiger partial charge < -0.3 is 10.5 Å². The molecule has 2 aromatic rings. The normalized spacial score (nSPS) is 10.4. The van der Waals surface area contributed by atoms with Crippen molar-refractivity contribution in [2.75, 3.05) is 5.73 Å². The van der Waals surface area contributed by atoms with Gasteiger partial charge in [0.1, 0.15) is 12.4 Å². The number of nitrogens with two attached hydrogens (primary N) is 1. The number of hydrogen-bond donors (Lipinski definition) is 1. The van der Waals surface area contributed by atoms with E-state index >= 15 is 0 Å². The molecule has 0 unspecified atom stereocenters. The van der Waals surface area contributed by atoms with Gasteiger partial charge in [-0.05, 0) is 40.2 Å². The molecule has 2 nitrogen and oxygen atoms in total. The molecular formula is C13H10Br2FNO. The van der Waals surface area contributed by atoms with Gasteiger partial charge in [0.15, 0.2) is 5.75 Å². The molecule has 5 heteroatoms. The van der Waals surface area contributed by atoms with Gasteiger partial charge in [-0.2, -0.15) is 0 Å². The quantitative estimate of drug-likeness (QED) is 0.802. The first-order chi connectivity index (χ1) is 8.58. The summed E-state index contributed by atoms with van der Waals surface area (Å²) in [5.41, 5.74) is 7.23. The van der Waals surface area contributed by atoms with Crippen molar-refractivity contribution in [2.45, 2.75) is 6.61 Å². The van der Waals surface area contributed by atoms with Crippen LogP contribution in [-0.2, 0) is 6.61 Å². The molecule has 0 bridgehead atoms. The lowest BCUT2D eigenvalue weighted by molar-refractivity contribution is 0.305. The third-order valence-corrected chi connectivity index (χ3v) is 3.75. The topological polar surface area (TPSA) is 35.2 Å². The van der Waals surface area contributed by atoms with Crippen molar-refractivity contribution in [1.29, 1.82) is 0 Å². The standard InChI is InChI=1S/C13H10Br2FNO/c14-10-2-1-3-12(17)13(10)18-7-8-4-5-9(16)6-11(8)15/h1-6H,7,17H2. The van der Waals surface area contributed by atoms with Crippen molar-refractivity contribution in [3.63, 3.8) is 0 Å². The van der Waals surface area contributed by atoms with Crippen molar-refractivity contribution in [2.24, 2.45) is 0 Å². The minimum Gasteiger partial charge on any atom is -0.486 e. The Hall–Kier alpha value is -1.07. The summed E-state index contributed by atoms with van der Waals surface area (Å²) in [4.78, 5) is 0. The average Bonchev–Trinajstić information content (AvgIpc) is 2.31. The van der Waals surface area contributed by atoms with Gasteiger partial charge in [-0.1, -0.05) is 28.1 Å². The molecule has 0 aromatic heterocycles. The van der Waals surface area contributed by atoms with E-state index in [0.717, 1.165) is 10.0 Å². The van der Waals surface area contributed by atoms with Crippen LogP contribution in [-0.4, -0.2) is 0 Å². The fourth-order valence-electron chi connectivity index (χ4n) is 1.47. The first-order valence-corrected chi connectivity index (χ1v) is 6.77. The Balaban J connectivity index is 2.16. The highest BCUT2D eigenvalue weighted by atomic mass is 79.9. The van der Waals surface area contributed by atoms with Gasteiger partial charge in [0.2, 0.25) is 0 Å². The molecule has 0 amide bonds. The van der Waals surface area contributed by atoms with Crippen LogP contribution < -0.4 is 10.5 Å². The van der Waals surface area contributed by atoms with Crippen molar-refractivity contribution >= 4 is 37.5 Å². The van der Waals surface area contributed by atoms with Crippen LogP contribution in [0.1, 0.15) is 5.56 Å². The summed E-state index contributed by atoms with van der Waals surface area (Å²) in [7, 11) is 0. The lowest BCUT2D eigenvalue weighted by Gasteiger charge is -2.11. The van der Waals surface area contributed by atoms with E-state index in [1.165, 1.54) is 12.1 Å². The van der Waals surface area contributed by atoms with Gasteiger partial charge in [0, 0.05) is 10.0 Å². The number of benzene rings is 2. The molecule has 0 aliphatic heterocycles. The Morgan fingerprint density at radius 1 is 1.11 bits per heavy atom. The number of para-hydroxylation sites is 1. The van der Waals surface area contributed by atoms with E-state index in [1.807, 2.05) is 12.1 Å². The fraction of sp³-hybridized carbons (Fsp3) is 0.0769. The van der Waals surface area contributed by atoms with E-state index in [1.54, 1.807) is 12.1 Å². The van der Waals surface area contributed by atoms with Crippen LogP contribution in [0.3, 0.4) is 0 Å². The molecule has 0 saturated heterocycles. The van der Waals surface area contributed by atoms with Gasteiger partial charge in [-0.15, -0.1) is 0 Å². The first kappa shape index (κ1) is 13.4. The monoisotopic (exact) mass is 373 g/mol. The van der Waals surface area contributed by atoms with E-state index in [9.17, 15) is 4.39 Å². The molecule has 0 heterocycles. The number of nitrogen functional groups attached to an aromatic ring is 1. The second-order valence-corrected chi connectivity index (χ2v) is 5.39.